The van der Waals surface area contributed by atoms with Crippen molar-refractivity contribution in [2.75, 3.05) is 19.8 Å². The van der Waals surface area contributed by atoms with Crippen molar-refractivity contribution in [2.24, 2.45) is 0 Å². The Hall–Kier alpha value is -1.59. The third kappa shape index (κ3) is 3.73. The number of hydrogen-bond acceptors (Lipinski definition) is 3. The van der Waals surface area contributed by atoms with Crippen LogP contribution in [0.4, 0.5) is 4.79 Å². The number of carbonyl (C=O) groups is 1. The highest BCUT2D eigenvalue weighted by Gasteiger charge is 2.31. The molecular formula is C19H28N2O3. The first-order chi connectivity index (χ1) is 11.7. The van der Waals surface area contributed by atoms with E-state index >= 15 is 0 Å². The molecule has 24 heavy (non-hydrogen) atoms. The molecule has 1 aliphatic heterocycles. The number of fused-ring (bicyclic) bond motifs is 1. The molecule has 2 aliphatic rings. The molecule has 0 bridgehead atoms. The fraction of sp³-hybridized carbons (Fsp3) is 0.632. The van der Waals surface area contributed by atoms with Gasteiger partial charge in [0.1, 0.15) is 0 Å². The van der Waals surface area contributed by atoms with Gasteiger partial charge in [0, 0.05) is 13.2 Å². The molecule has 1 aromatic rings. The van der Waals surface area contributed by atoms with Crippen LogP contribution in [0.25, 0.3) is 0 Å². The second-order valence-electron chi connectivity index (χ2n) is 6.81. The van der Waals surface area contributed by atoms with Gasteiger partial charge in [-0.3, -0.25) is 0 Å². The first-order valence-electron chi connectivity index (χ1n) is 9.08. The van der Waals surface area contributed by atoms with Crippen LogP contribution in [-0.4, -0.2) is 47.9 Å². The number of nitrogens with zero attached hydrogens (tertiary/aromatic N) is 1. The first-order valence-corrected chi connectivity index (χ1v) is 9.08. The van der Waals surface area contributed by atoms with E-state index < -0.39 is 0 Å². The number of hydrogen-bond donors (Lipinski definition) is 2. The Morgan fingerprint density at radius 3 is 2.96 bits per heavy atom. The Morgan fingerprint density at radius 1 is 1.38 bits per heavy atom. The van der Waals surface area contributed by atoms with Gasteiger partial charge in [-0.25, -0.2) is 4.79 Å². The molecule has 0 aromatic heterocycles. The third-order valence-electron chi connectivity index (χ3n) is 5.19. The maximum absolute atomic E-state index is 12.9. The molecule has 1 heterocycles. The number of benzene rings is 1. The van der Waals surface area contributed by atoms with Gasteiger partial charge in [-0.05, 0) is 50.2 Å². The van der Waals surface area contributed by atoms with E-state index in [4.69, 9.17) is 4.74 Å². The Labute approximate surface area is 144 Å². The van der Waals surface area contributed by atoms with Crippen LogP contribution in [-0.2, 0) is 11.2 Å². The number of rotatable bonds is 5. The van der Waals surface area contributed by atoms with E-state index in [0.29, 0.717) is 6.54 Å². The van der Waals surface area contributed by atoms with Crippen LogP contribution in [0.15, 0.2) is 24.3 Å². The molecule has 3 rings (SSSR count). The highest BCUT2D eigenvalue weighted by Crippen LogP contribution is 2.34. The summed E-state index contributed by atoms with van der Waals surface area (Å²) in [4.78, 5) is 14.7. The van der Waals surface area contributed by atoms with E-state index in [9.17, 15) is 9.90 Å². The van der Waals surface area contributed by atoms with E-state index in [2.05, 4.69) is 23.5 Å². The average molecular weight is 332 g/mol. The molecule has 1 aromatic carbocycles. The second-order valence-corrected chi connectivity index (χ2v) is 6.81. The number of nitrogens with one attached hydrogen (secondary N) is 1. The zero-order valence-electron chi connectivity index (χ0n) is 14.4. The van der Waals surface area contributed by atoms with Crippen molar-refractivity contribution >= 4 is 6.03 Å². The molecule has 132 valence electrons. The molecule has 2 amide bonds. The Morgan fingerprint density at radius 2 is 2.21 bits per heavy atom. The van der Waals surface area contributed by atoms with E-state index in [0.717, 1.165) is 38.7 Å². The quantitative estimate of drug-likeness (QED) is 0.871. The van der Waals surface area contributed by atoms with Crippen LogP contribution in [0.3, 0.4) is 0 Å². The third-order valence-corrected chi connectivity index (χ3v) is 5.19. The molecular weight excluding hydrogens is 304 g/mol. The lowest BCUT2D eigenvalue weighted by Gasteiger charge is -2.36. The minimum absolute atomic E-state index is 0.0139. The van der Waals surface area contributed by atoms with Crippen LogP contribution < -0.4 is 5.32 Å². The van der Waals surface area contributed by atoms with Gasteiger partial charge in [-0.15, -0.1) is 0 Å². The molecule has 1 saturated heterocycles. The number of amides is 2. The highest BCUT2D eigenvalue weighted by atomic mass is 16.5. The summed E-state index contributed by atoms with van der Waals surface area (Å²) in [6.45, 7) is 3.10. The van der Waals surface area contributed by atoms with Crippen molar-refractivity contribution in [1.29, 1.82) is 0 Å². The Balaban J connectivity index is 1.73. The van der Waals surface area contributed by atoms with Crippen molar-refractivity contribution in [3.63, 3.8) is 0 Å². The van der Waals surface area contributed by atoms with Crippen molar-refractivity contribution < 1.29 is 14.6 Å². The zero-order valence-corrected chi connectivity index (χ0v) is 14.4. The predicted molar refractivity (Wildman–Crippen MR) is 92.9 cm³/mol. The summed E-state index contributed by atoms with van der Waals surface area (Å²) >= 11 is 0. The van der Waals surface area contributed by atoms with Gasteiger partial charge < -0.3 is 20.1 Å². The van der Waals surface area contributed by atoms with Crippen molar-refractivity contribution in [2.45, 2.75) is 57.2 Å². The lowest BCUT2D eigenvalue weighted by atomic mass is 9.87. The van der Waals surface area contributed by atoms with Crippen LogP contribution in [0, 0.1) is 0 Å². The number of ether oxygens (including phenoxy) is 1. The molecule has 2 N–H and O–H groups in total. The number of carbonyl (C=O) groups excluding carboxylic acids is 1. The van der Waals surface area contributed by atoms with Gasteiger partial charge in [0.2, 0.25) is 0 Å². The topological polar surface area (TPSA) is 61.8 Å². The summed E-state index contributed by atoms with van der Waals surface area (Å²) in [5, 5.41) is 12.5. The standard InChI is InChI=1S/C19H28N2O3/c1-14(18-10-5-13-24-18)20-19(23)21(11-12-22)17-9-4-7-15-6-2-3-8-16(15)17/h2-3,6,8,14,17-18,22H,4-5,7,9-13H2,1H3,(H,20,23)/t14-,17-,18-/m0/s1. The summed E-state index contributed by atoms with van der Waals surface area (Å²) < 4.78 is 5.67. The number of aliphatic hydroxyl groups is 1. The SMILES string of the molecule is C[C@H](NC(=O)N(CCO)[C@H]1CCCc2ccccc21)[C@@H]1CCCO1. The van der Waals surface area contributed by atoms with Crippen LogP contribution in [0.5, 0.6) is 0 Å². The second kappa shape index (κ2) is 7.99. The summed E-state index contributed by atoms with van der Waals surface area (Å²) in [5.74, 6) is 0. The van der Waals surface area contributed by atoms with Crippen LogP contribution in [0.1, 0.15) is 49.8 Å². The van der Waals surface area contributed by atoms with E-state index in [1.54, 1.807) is 4.90 Å². The average Bonchev–Trinajstić information content (AvgIpc) is 3.14. The lowest BCUT2D eigenvalue weighted by molar-refractivity contribution is 0.0798. The molecule has 0 radical (unpaired) electrons. The molecule has 0 saturated carbocycles. The summed E-state index contributed by atoms with van der Waals surface area (Å²) in [5.41, 5.74) is 2.54. The van der Waals surface area contributed by atoms with Crippen molar-refractivity contribution in [3.05, 3.63) is 35.4 Å². The monoisotopic (exact) mass is 332 g/mol. The first kappa shape index (κ1) is 17.2. The lowest BCUT2D eigenvalue weighted by Crippen LogP contribution is -2.50. The maximum Gasteiger partial charge on any atom is 0.318 e. The zero-order chi connectivity index (χ0) is 16.9. The number of aryl methyl sites for hydroxylation is 1. The van der Waals surface area contributed by atoms with Crippen molar-refractivity contribution in [1.82, 2.24) is 10.2 Å². The summed E-state index contributed by atoms with van der Waals surface area (Å²) in [7, 11) is 0. The van der Waals surface area contributed by atoms with E-state index in [1.807, 2.05) is 13.0 Å². The molecule has 3 atom stereocenters. The summed E-state index contributed by atoms with van der Waals surface area (Å²) in [6, 6.07) is 8.26. The normalized spacial score (nSPS) is 24.2. The molecule has 0 unspecified atom stereocenters. The fourth-order valence-electron chi connectivity index (χ4n) is 3.93. The van der Waals surface area contributed by atoms with Gasteiger partial charge >= 0.3 is 6.03 Å². The largest absolute Gasteiger partial charge is 0.395 e. The fourth-order valence-corrected chi connectivity index (χ4v) is 3.93. The smallest absolute Gasteiger partial charge is 0.318 e. The molecule has 5 heteroatoms. The highest BCUT2D eigenvalue weighted by molar-refractivity contribution is 5.75. The molecule has 1 fully saturated rings. The van der Waals surface area contributed by atoms with Crippen molar-refractivity contribution in [3.8, 4) is 0 Å². The number of aliphatic hydroxyl groups excluding tert-OH is 1. The van der Waals surface area contributed by atoms with E-state index in [1.165, 1.54) is 11.1 Å². The number of urea groups is 1. The molecule has 5 nitrogen and oxygen atoms in total. The summed E-state index contributed by atoms with van der Waals surface area (Å²) in [6.07, 6.45) is 5.22. The maximum atomic E-state index is 12.9. The Bertz CT molecular complexity index is 557. The minimum Gasteiger partial charge on any atom is -0.395 e. The van der Waals surface area contributed by atoms with Crippen LogP contribution in [0.2, 0.25) is 0 Å². The Kier molecular flexibility index (Phi) is 5.74. The van der Waals surface area contributed by atoms with Gasteiger partial charge in [0.05, 0.1) is 24.8 Å². The van der Waals surface area contributed by atoms with Gasteiger partial charge in [-0.1, -0.05) is 24.3 Å². The predicted octanol–water partition coefficient (Wildman–Crippen LogP) is 2.64. The molecule has 1 aliphatic carbocycles. The van der Waals surface area contributed by atoms with Gasteiger partial charge in [0.25, 0.3) is 0 Å². The van der Waals surface area contributed by atoms with E-state index in [-0.39, 0.29) is 30.8 Å². The minimum atomic E-state index is -0.103. The van der Waals surface area contributed by atoms with Gasteiger partial charge in [-0.2, -0.15) is 0 Å². The van der Waals surface area contributed by atoms with Gasteiger partial charge in [0.15, 0.2) is 0 Å². The van der Waals surface area contributed by atoms with Crippen LogP contribution >= 0.6 is 0 Å². The molecule has 0 spiro atoms.